The summed E-state index contributed by atoms with van der Waals surface area (Å²) in [6, 6.07) is 0. The fourth-order valence-corrected chi connectivity index (χ4v) is 0.701. The van der Waals surface area contributed by atoms with E-state index < -0.39 is 0 Å². The van der Waals surface area contributed by atoms with Crippen molar-refractivity contribution in [3.05, 3.63) is 12.7 Å². The minimum absolute atomic E-state index is 0.934. The second-order valence-corrected chi connectivity index (χ2v) is 2.73. The highest BCUT2D eigenvalue weighted by atomic mass is 16.5. The molecule has 0 atom stereocenters. The van der Waals surface area contributed by atoms with Gasteiger partial charge in [-0.3, -0.25) is 0 Å². The van der Waals surface area contributed by atoms with Gasteiger partial charge in [-0.2, -0.15) is 0 Å². The Hall–Kier alpha value is -0.300. The number of rotatable bonds is 6. The van der Waals surface area contributed by atoms with E-state index in [0.717, 1.165) is 19.6 Å². The maximum Gasteiger partial charge on any atom is 0.0466 e. The minimum Gasteiger partial charge on any atom is -0.381 e. The predicted octanol–water partition coefficient (Wildman–Crippen LogP) is 3.80. The second kappa shape index (κ2) is 17.0. The van der Waals surface area contributed by atoms with Gasteiger partial charge < -0.3 is 4.74 Å². The van der Waals surface area contributed by atoms with Gasteiger partial charge in [0.15, 0.2) is 0 Å². The molecule has 0 aromatic rings. The Morgan fingerprint density at radius 3 is 2.08 bits per heavy atom. The highest BCUT2D eigenvalue weighted by Gasteiger charge is 1.84. The molecule has 0 heterocycles. The van der Waals surface area contributed by atoms with Crippen LogP contribution in [0.15, 0.2) is 12.7 Å². The quantitative estimate of drug-likeness (QED) is 0.437. The van der Waals surface area contributed by atoms with Gasteiger partial charge in [0.2, 0.25) is 0 Å². The van der Waals surface area contributed by atoms with Crippen molar-refractivity contribution in [3.63, 3.8) is 0 Å². The average molecular weight is 172 g/mol. The number of ether oxygens (including phenoxy) is 1. The van der Waals surface area contributed by atoms with E-state index in [0.29, 0.717) is 0 Å². The smallest absolute Gasteiger partial charge is 0.0466 e. The number of unbranched alkanes of at least 4 members (excludes halogenated alkanes) is 2. The van der Waals surface area contributed by atoms with Crippen LogP contribution >= 0.6 is 0 Å². The van der Waals surface area contributed by atoms with Crippen molar-refractivity contribution in [2.45, 2.75) is 46.5 Å². The Morgan fingerprint density at radius 2 is 1.67 bits per heavy atom. The second-order valence-electron chi connectivity index (χ2n) is 2.73. The Labute approximate surface area is 77.8 Å². The van der Waals surface area contributed by atoms with Crippen LogP contribution in [0.5, 0.6) is 0 Å². The van der Waals surface area contributed by atoms with Gasteiger partial charge >= 0.3 is 0 Å². The first-order valence-corrected chi connectivity index (χ1v) is 4.98. The third-order valence-corrected chi connectivity index (χ3v) is 1.24. The van der Waals surface area contributed by atoms with Gasteiger partial charge in [-0.15, -0.1) is 6.58 Å². The van der Waals surface area contributed by atoms with Gasteiger partial charge in [-0.25, -0.2) is 0 Å². The van der Waals surface area contributed by atoms with Gasteiger partial charge in [0.25, 0.3) is 0 Å². The van der Waals surface area contributed by atoms with E-state index in [2.05, 4.69) is 20.4 Å². The van der Waals surface area contributed by atoms with E-state index in [4.69, 9.17) is 4.74 Å². The summed E-state index contributed by atoms with van der Waals surface area (Å²) in [6.07, 6.45) is 6.72. The fourth-order valence-electron chi connectivity index (χ4n) is 0.701. The van der Waals surface area contributed by atoms with Crippen molar-refractivity contribution >= 4 is 0 Å². The van der Waals surface area contributed by atoms with Crippen molar-refractivity contribution in [3.8, 4) is 0 Å². The van der Waals surface area contributed by atoms with Crippen LogP contribution in [0.2, 0.25) is 0 Å². The first-order chi connectivity index (χ1) is 5.83. The molecule has 0 aliphatic carbocycles. The molecular formula is C11H24O. The summed E-state index contributed by atoms with van der Waals surface area (Å²) < 4.78 is 5.28. The fraction of sp³-hybridized carbons (Fsp3) is 0.818. The van der Waals surface area contributed by atoms with Gasteiger partial charge in [0.05, 0.1) is 0 Å². The molecule has 1 nitrogen and oxygen atoms in total. The molecule has 12 heavy (non-hydrogen) atoms. The lowest BCUT2D eigenvalue weighted by Crippen LogP contribution is -1.94. The zero-order valence-corrected chi connectivity index (χ0v) is 8.94. The molecule has 0 radical (unpaired) electrons. The van der Waals surface area contributed by atoms with Crippen molar-refractivity contribution in [1.29, 1.82) is 0 Å². The lowest BCUT2D eigenvalue weighted by molar-refractivity contribution is 0.131. The zero-order chi connectivity index (χ0) is 9.66. The summed E-state index contributed by atoms with van der Waals surface area (Å²) in [7, 11) is 0. The molecule has 0 aliphatic heterocycles. The molecule has 0 amide bonds. The molecule has 0 fully saturated rings. The van der Waals surface area contributed by atoms with Crippen LogP contribution < -0.4 is 0 Å². The maximum atomic E-state index is 5.28. The number of allylic oxidation sites excluding steroid dienone is 1. The summed E-state index contributed by atoms with van der Waals surface area (Å²) in [5, 5.41) is 0. The monoisotopic (exact) mass is 172 g/mol. The van der Waals surface area contributed by atoms with E-state index in [1.807, 2.05) is 6.92 Å². The summed E-state index contributed by atoms with van der Waals surface area (Å²) in [5.74, 6) is 0. The summed E-state index contributed by atoms with van der Waals surface area (Å²) >= 11 is 0. The highest BCUT2D eigenvalue weighted by molar-refractivity contribution is 4.51. The molecule has 74 valence electrons. The summed E-state index contributed by atoms with van der Waals surface area (Å²) in [4.78, 5) is 0. The first-order valence-electron chi connectivity index (χ1n) is 4.98. The van der Waals surface area contributed by atoms with Gasteiger partial charge in [-0.05, 0) is 19.8 Å². The van der Waals surface area contributed by atoms with Crippen molar-refractivity contribution < 1.29 is 4.74 Å². The molecule has 0 spiro atoms. The standard InChI is InChI=1S/C8H18O.C3H6/c1-3-5-6-8-9-7-4-2;1-3-2/h3-8H2,1-2H3;3H,1H2,2H3. The molecular weight excluding hydrogens is 148 g/mol. The zero-order valence-electron chi connectivity index (χ0n) is 8.94. The third kappa shape index (κ3) is 22.6. The van der Waals surface area contributed by atoms with Crippen molar-refractivity contribution in [2.75, 3.05) is 13.2 Å². The largest absolute Gasteiger partial charge is 0.381 e. The molecule has 0 N–H and O–H groups in total. The molecule has 0 aromatic heterocycles. The Morgan fingerprint density at radius 1 is 1.08 bits per heavy atom. The SMILES string of the molecule is C=CC.CCCCCOCCC. The van der Waals surface area contributed by atoms with Gasteiger partial charge in [-0.1, -0.05) is 32.8 Å². The van der Waals surface area contributed by atoms with E-state index in [9.17, 15) is 0 Å². The maximum absolute atomic E-state index is 5.28. The van der Waals surface area contributed by atoms with Crippen molar-refractivity contribution in [2.24, 2.45) is 0 Å². The molecule has 0 rings (SSSR count). The van der Waals surface area contributed by atoms with E-state index in [1.54, 1.807) is 6.08 Å². The lowest BCUT2D eigenvalue weighted by Gasteiger charge is -1.99. The van der Waals surface area contributed by atoms with Crippen LogP contribution in [-0.2, 0) is 4.74 Å². The molecule has 0 saturated heterocycles. The van der Waals surface area contributed by atoms with Crippen LogP contribution in [0.1, 0.15) is 46.5 Å². The van der Waals surface area contributed by atoms with Crippen LogP contribution in [-0.4, -0.2) is 13.2 Å². The van der Waals surface area contributed by atoms with Crippen LogP contribution in [0.4, 0.5) is 0 Å². The summed E-state index contributed by atoms with van der Waals surface area (Å²) in [6.45, 7) is 11.5. The average Bonchev–Trinajstić information content (AvgIpc) is 2.06. The normalized spacial score (nSPS) is 8.58. The molecule has 0 saturated carbocycles. The number of hydrogen-bond donors (Lipinski definition) is 0. The van der Waals surface area contributed by atoms with Crippen LogP contribution in [0.3, 0.4) is 0 Å². The predicted molar refractivity (Wildman–Crippen MR) is 56.5 cm³/mol. The third-order valence-electron chi connectivity index (χ3n) is 1.24. The van der Waals surface area contributed by atoms with Gasteiger partial charge in [0.1, 0.15) is 0 Å². The van der Waals surface area contributed by atoms with E-state index in [-0.39, 0.29) is 0 Å². The Balaban J connectivity index is 0. The molecule has 0 aliphatic rings. The first kappa shape index (κ1) is 14.2. The highest BCUT2D eigenvalue weighted by Crippen LogP contribution is 1.93. The Bertz CT molecular complexity index is 63.4. The van der Waals surface area contributed by atoms with E-state index in [1.165, 1.54) is 19.3 Å². The minimum atomic E-state index is 0.934. The molecule has 1 heteroatoms. The number of hydrogen-bond acceptors (Lipinski definition) is 1. The lowest BCUT2D eigenvalue weighted by atomic mass is 10.3. The van der Waals surface area contributed by atoms with E-state index >= 15 is 0 Å². The van der Waals surface area contributed by atoms with Crippen LogP contribution in [0, 0.1) is 0 Å². The van der Waals surface area contributed by atoms with Gasteiger partial charge in [0, 0.05) is 13.2 Å². The topological polar surface area (TPSA) is 9.23 Å². The molecule has 0 aromatic carbocycles. The molecule has 0 bridgehead atoms. The summed E-state index contributed by atoms with van der Waals surface area (Å²) in [5.41, 5.74) is 0. The molecule has 0 unspecified atom stereocenters. The Kier molecular flexibility index (Phi) is 20.1. The van der Waals surface area contributed by atoms with Crippen LogP contribution in [0.25, 0.3) is 0 Å². The van der Waals surface area contributed by atoms with Crippen molar-refractivity contribution in [1.82, 2.24) is 0 Å².